The van der Waals surface area contributed by atoms with Crippen LogP contribution in [-0.4, -0.2) is 51.5 Å². The van der Waals surface area contributed by atoms with Crippen LogP contribution >= 0.6 is 0 Å². The Kier molecular flexibility index (Phi) is 8.88. The van der Waals surface area contributed by atoms with Gasteiger partial charge in [0.05, 0.1) is 19.8 Å². The summed E-state index contributed by atoms with van der Waals surface area (Å²) in [5.74, 6) is 0. The van der Waals surface area contributed by atoms with Gasteiger partial charge >= 0.3 is 0 Å². The van der Waals surface area contributed by atoms with Crippen molar-refractivity contribution in [2.24, 2.45) is 10.8 Å². The molecular weight excluding hydrogens is 238 g/mol. The summed E-state index contributed by atoms with van der Waals surface area (Å²) in [6, 6.07) is 0. The molecule has 0 N–H and O–H groups in total. The molecule has 0 aliphatic carbocycles. The maximum Gasteiger partial charge on any atom is 0.0701 e. The topological polar surface area (TPSA) is 21.7 Å². The highest BCUT2D eigenvalue weighted by Crippen LogP contribution is 2.17. The molecule has 0 saturated heterocycles. The minimum absolute atomic E-state index is 0.352. The fourth-order valence-corrected chi connectivity index (χ4v) is 1.81. The van der Waals surface area contributed by atoms with Crippen molar-refractivity contribution in [2.45, 2.75) is 48.0 Å². The molecule has 0 aromatic rings. The third kappa shape index (κ3) is 15.8. The molecule has 0 rings (SSSR count). The molecule has 0 atom stereocenters. The van der Waals surface area contributed by atoms with E-state index in [0.29, 0.717) is 24.0 Å². The first-order valence-electron chi connectivity index (χ1n) is 7.44. The lowest BCUT2D eigenvalue weighted by atomic mass is 9.93. The maximum absolute atomic E-state index is 5.58. The highest BCUT2D eigenvalue weighted by Gasteiger charge is 2.13. The van der Waals surface area contributed by atoms with Gasteiger partial charge in [0.25, 0.3) is 0 Å². The summed E-state index contributed by atoms with van der Waals surface area (Å²) in [5.41, 5.74) is 0.710. The first-order valence-corrected chi connectivity index (χ1v) is 7.44. The summed E-state index contributed by atoms with van der Waals surface area (Å²) < 4.78 is 11.1. The summed E-state index contributed by atoms with van der Waals surface area (Å²) >= 11 is 0. The van der Waals surface area contributed by atoms with Gasteiger partial charge in [0.2, 0.25) is 0 Å². The van der Waals surface area contributed by atoms with E-state index in [-0.39, 0.29) is 0 Å². The number of nitrogens with zero attached hydrogens (tertiary/aromatic N) is 1. The Morgan fingerprint density at radius 2 is 1.26 bits per heavy atom. The Balaban J connectivity index is 3.32. The molecule has 0 aromatic carbocycles. The van der Waals surface area contributed by atoms with Crippen molar-refractivity contribution in [2.75, 3.05) is 46.6 Å². The van der Waals surface area contributed by atoms with E-state index in [0.717, 1.165) is 32.7 Å². The van der Waals surface area contributed by atoms with Crippen molar-refractivity contribution in [3.8, 4) is 0 Å². The van der Waals surface area contributed by atoms with Crippen LogP contribution in [-0.2, 0) is 9.47 Å². The average molecular weight is 273 g/mol. The van der Waals surface area contributed by atoms with Crippen molar-refractivity contribution in [1.82, 2.24) is 4.90 Å². The van der Waals surface area contributed by atoms with E-state index < -0.39 is 0 Å². The van der Waals surface area contributed by atoms with E-state index in [1.165, 1.54) is 0 Å². The monoisotopic (exact) mass is 273 g/mol. The molecule has 3 heteroatoms. The Hall–Kier alpha value is -0.120. The lowest BCUT2D eigenvalue weighted by Crippen LogP contribution is -2.32. The molecule has 0 aliphatic heterocycles. The Labute approximate surface area is 120 Å². The third-order valence-corrected chi connectivity index (χ3v) is 2.73. The number of ether oxygens (including phenoxy) is 2. The van der Waals surface area contributed by atoms with Crippen LogP contribution in [0.1, 0.15) is 48.0 Å². The van der Waals surface area contributed by atoms with Gasteiger partial charge in [-0.25, -0.2) is 0 Å². The van der Waals surface area contributed by atoms with Crippen LogP contribution < -0.4 is 0 Å². The van der Waals surface area contributed by atoms with Crippen molar-refractivity contribution in [3.63, 3.8) is 0 Å². The Morgan fingerprint density at radius 3 is 1.74 bits per heavy atom. The van der Waals surface area contributed by atoms with Crippen LogP contribution in [0.15, 0.2) is 0 Å². The van der Waals surface area contributed by atoms with E-state index in [4.69, 9.17) is 9.47 Å². The van der Waals surface area contributed by atoms with Crippen molar-refractivity contribution in [3.05, 3.63) is 0 Å². The maximum atomic E-state index is 5.58. The minimum atomic E-state index is 0.352. The normalized spacial score (nSPS) is 13.3. The van der Waals surface area contributed by atoms with Crippen LogP contribution in [0.25, 0.3) is 0 Å². The highest BCUT2D eigenvalue weighted by molar-refractivity contribution is 4.66. The predicted molar refractivity (Wildman–Crippen MR) is 82.7 cm³/mol. The van der Waals surface area contributed by atoms with Gasteiger partial charge in [0.1, 0.15) is 0 Å². The van der Waals surface area contributed by atoms with Crippen molar-refractivity contribution in [1.29, 1.82) is 0 Å². The zero-order valence-electron chi connectivity index (χ0n) is 14.2. The van der Waals surface area contributed by atoms with E-state index >= 15 is 0 Å². The van der Waals surface area contributed by atoms with Gasteiger partial charge in [0, 0.05) is 19.7 Å². The molecule has 0 amide bonds. The summed E-state index contributed by atoms with van der Waals surface area (Å²) in [6.45, 7) is 18.6. The molecule has 0 unspecified atom stereocenters. The summed E-state index contributed by atoms with van der Waals surface area (Å²) in [5, 5.41) is 0. The van der Waals surface area contributed by atoms with Gasteiger partial charge in [0.15, 0.2) is 0 Å². The molecule has 0 aliphatic rings. The molecule has 116 valence electrons. The lowest BCUT2D eigenvalue weighted by molar-refractivity contribution is 0.0310. The first-order chi connectivity index (χ1) is 8.60. The minimum Gasteiger partial charge on any atom is -0.379 e. The Bertz CT molecular complexity index is 216. The second-order valence-corrected chi connectivity index (χ2v) is 7.83. The van der Waals surface area contributed by atoms with Gasteiger partial charge in [-0.1, -0.05) is 41.5 Å². The molecule has 0 fully saturated rings. The number of rotatable bonds is 9. The second kappa shape index (κ2) is 8.93. The first kappa shape index (κ1) is 18.9. The summed E-state index contributed by atoms with van der Waals surface area (Å²) in [6.07, 6.45) is 1.10. The lowest BCUT2D eigenvalue weighted by Gasteiger charge is -2.26. The standard InChI is InChI=1S/C16H35NO2/c1-15(2,3)8-10-18-12-13-19-11-9-17(7)14-16(4,5)6/h8-14H2,1-7H3. The van der Waals surface area contributed by atoms with E-state index in [1.807, 2.05) is 0 Å². The van der Waals surface area contributed by atoms with Crippen LogP contribution in [0.2, 0.25) is 0 Å². The fourth-order valence-electron chi connectivity index (χ4n) is 1.81. The van der Waals surface area contributed by atoms with Crippen LogP contribution in [0.4, 0.5) is 0 Å². The highest BCUT2D eigenvalue weighted by atomic mass is 16.5. The zero-order chi connectivity index (χ0) is 14.9. The quantitative estimate of drug-likeness (QED) is 0.601. The SMILES string of the molecule is CN(CCOCCOCCC(C)(C)C)CC(C)(C)C. The summed E-state index contributed by atoms with van der Waals surface area (Å²) in [7, 11) is 2.15. The molecule has 0 heterocycles. The smallest absolute Gasteiger partial charge is 0.0701 e. The molecule has 19 heavy (non-hydrogen) atoms. The number of likely N-dealkylation sites (N-methyl/N-ethyl adjacent to an activating group) is 1. The third-order valence-electron chi connectivity index (χ3n) is 2.73. The van der Waals surface area contributed by atoms with E-state index in [1.54, 1.807) is 0 Å². The molecule has 3 nitrogen and oxygen atoms in total. The molecular formula is C16H35NO2. The average Bonchev–Trinajstić information content (AvgIpc) is 2.17. The van der Waals surface area contributed by atoms with E-state index in [2.05, 4.69) is 53.5 Å². The van der Waals surface area contributed by atoms with Gasteiger partial charge in [-0.05, 0) is 24.3 Å². The summed E-state index contributed by atoms with van der Waals surface area (Å²) in [4.78, 5) is 2.32. The number of hydrogen-bond acceptors (Lipinski definition) is 3. The van der Waals surface area contributed by atoms with Gasteiger partial charge in [-0.2, -0.15) is 0 Å². The second-order valence-electron chi connectivity index (χ2n) is 7.83. The molecule has 0 bridgehead atoms. The Morgan fingerprint density at radius 1 is 0.737 bits per heavy atom. The fraction of sp³-hybridized carbons (Fsp3) is 1.00. The molecule has 0 saturated carbocycles. The predicted octanol–water partition coefficient (Wildman–Crippen LogP) is 3.43. The van der Waals surface area contributed by atoms with Gasteiger partial charge < -0.3 is 14.4 Å². The largest absolute Gasteiger partial charge is 0.379 e. The van der Waals surface area contributed by atoms with Crippen LogP contribution in [0.3, 0.4) is 0 Å². The molecule has 0 radical (unpaired) electrons. The van der Waals surface area contributed by atoms with Gasteiger partial charge in [-0.15, -0.1) is 0 Å². The molecule has 0 aromatic heterocycles. The molecule has 0 spiro atoms. The zero-order valence-corrected chi connectivity index (χ0v) is 14.2. The van der Waals surface area contributed by atoms with E-state index in [9.17, 15) is 0 Å². The van der Waals surface area contributed by atoms with Crippen LogP contribution in [0.5, 0.6) is 0 Å². The van der Waals surface area contributed by atoms with Crippen LogP contribution in [0, 0.1) is 10.8 Å². The van der Waals surface area contributed by atoms with Crippen molar-refractivity contribution >= 4 is 0 Å². The van der Waals surface area contributed by atoms with Crippen molar-refractivity contribution < 1.29 is 9.47 Å². The van der Waals surface area contributed by atoms with Gasteiger partial charge in [-0.3, -0.25) is 0 Å². The number of hydrogen-bond donors (Lipinski definition) is 0.